The molecular formula is C14H11ClN2O5. The molecule has 0 aromatic heterocycles. The fourth-order valence-electron chi connectivity index (χ4n) is 1.76. The first-order valence-corrected chi connectivity index (χ1v) is 6.49. The molecule has 0 atom stereocenters. The molecule has 0 spiro atoms. The molecule has 0 bridgehead atoms. The average Bonchev–Trinajstić information content (AvgIpc) is 2.48. The highest BCUT2D eigenvalue weighted by molar-refractivity contribution is 6.30. The van der Waals surface area contributed by atoms with Crippen molar-refractivity contribution < 1.29 is 19.9 Å². The fourth-order valence-corrected chi connectivity index (χ4v) is 1.88. The summed E-state index contributed by atoms with van der Waals surface area (Å²) in [5.74, 6) is -2.07. The lowest BCUT2D eigenvalue weighted by molar-refractivity contribution is -0.386. The van der Waals surface area contributed by atoms with E-state index in [0.29, 0.717) is 10.7 Å². The second-order valence-corrected chi connectivity index (χ2v) is 4.84. The Hall–Kier alpha value is -2.80. The van der Waals surface area contributed by atoms with E-state index in [9.17, 15) is 25.1 Å². The fraction of sp³-hybridized carbons (Fsp3) is 0.0714. The first kappa shape index (κ1) is 15.6. The molecule has 0 unspecified atom stereocenters. The predicted octanol–water partition coefficient (Wildman–Crippen LogP) is 2.95. The van der Waals surface area contributed by atoms with E-state index in [-0.39, 0.29) is 12.1 Å². The standard InChI is InChI=1S/C14H11ClN2O5/c15-9-1-3-10(4-2-9)16-7-13(19)8-5-11(17(21)22)14(20)12(18)6-8/h1-6,16,18,20H,7H2. The molecule has 3 N–H and O–H groups in total. The van der Waals surface area contributed by atoms with Crippen LogP contribution in [0.2, 0.25) is 5.02 Å². The number of phenolic OH excluding ortho intramolecular Hbond substituents is 2. The number of hydrogen-bond acceptors (Lipinski definition) is 6. The van der Waals surface area contributed by atoms with Crippen molar-refractivity contribution in [1.29, 1.82) is 0 Å². The summed E-state index contributed by atoms with van der Waals surface area (Å²) >= 11 is 5.74. The average molecular weight is 323 g/mol. The Balaban J connectivity index is 2.16. The molecule has 0 aliphatic carbocycles. The lowest BCUT2D eigenvalue weighted by Crippen LogP contribution is -2.14. The number of anilines is 1. The Morgan fingerprint density at radius 2 is 1.86 bits per heavy atom. The molecule has 2 aromatic carbocycles. The van der Waals surface area contributed by atoms with Crippen molar-refractivity contribution in [3.8, 4) is 11.5 Å². The SMILES string of the molecule is O=C(CNc1ccc(Cl)cc1)c1cc(O)c(O)c([N+](=O)[O-])c1. The van der Waals surface area contributed by atoms with Crippen LogP contribution in [0.15, 0.2) is 36.4 Å². The highest BCUT2D eigenvalue weighted by Crippen LogP contribution is 2.36. The lowest BCUT2D eigenvalue weighted by Gasteiger charge is -2.07. The normalized spacial score (nSPS) is 10.2. The molecule has 2 rings (SSSR count). The number of nitro groups is 1. The summed E-state index contributed by atoms with van der Waals surface area (Å²) in [5, 5.41) is 33.0. The minimum absolute atomic E-state index is 0.0801. The lowest BCUT2D eigenvalue weighted by atomic mass is 10.1. The summed E-state index contributed by atoms with van der Waals surface area (Å²) in [5.41, 5.74) is -0.159. The first-order valence-electron chi connectivity index (χ1n) is 6.11. The minimum atomic E-state index is -0.877. The third-order valence-electron chi connectivity index (χ3n) is 2.89. The number of hydrogen-bond donors (Lipinski definition) is 3. The molecule has 114 valence electrons. The third-order valence-corrected chi connectivity index (χ3v) is 3.14. The molecule has 2 aromatic rings. The molecule has 0 aliphatic heterocycles. The highest BCUT2D eigenvalue weighted by Gasteiger charge is 2.21. The van der Waals surface area contributed by atoms with Gasteiger partial charge >= 0.3 is 5.69 Å². The van der Waals surface area contributed by atoms with E-state index in [0.717, 1.165) is 12.1 Å². The van der Waals surface area contributed by atoms with Gasteiger partial charge in [-0.1, -0.05) is 11.6 Å². The summed E-state index contributed by atoms with van der Waals surface area (Å²) in [6, 6.07) is 8.53. The van der Waals surface area contributed by atoms with Crippen LogP contribution in [-0.4, -0.2) is 27.5 Å². The van der Waals surface area contributed by atoms with Crippen molar-refractivity contribution in [1.82, 2.24) is 0 Å². The monoisotopic (exact) mass is 322 g/mol. The zero-order valence-corrected chi connectivity index (χ0v) is 11.9. The number of Topliss-reactive ketones (excluding diaryl/α,β-unsaturated/α-hetero) is 1. The van der Waals surface area contributed by atoms with Gasteiger partial charge in [-0.15, -0.1) is 0 Å². The quantitative estimate of drug-likeness (QED) is 0.337. The predicted molar refractivity (Wildman–Crippen MR) is 80.7 cm³/mol. The van der Waals surface area contributed by atoms with Crippen molar-refractivity contribution in [3.05, 3.63) is 57.1 Å². The summed E-state index contributed by atoms with van der Waals surface area (Å²) < 4.78 is 0. The number of carbonyl (C=O) groups excluding carboxylic acids is 1. The van der Waals surface area contributed by atoms with Gasteiger partial charge in [-0.3, -0.25) is 14.9 Å². The summed E-state index contributed by atoms with van der Waals surface area (Å²) in [4.78, 5) is 21.9. The van der Waals surface area contributed by atoms with E-state index in [1.165, 1.54) is 0 Å². The molecule has 7 nitrogen and oxygen atoms in total. The topological polar surface area (TPSA) is 113 Å². The van der Waals surface area contributed by atoms with Gasteiger partial charge in [0, 0.05) is 22.3 Å². The summed E-state index contributed by atoms with van der Waals surface area (Å²) in [6.45, 7) is -0.136. The number of nitrogens with one attached hydrogen (secondary N) is 1. The van der Waals surface area contributed by atoms with Crippen LogP contribution in [0, 0.1) is 10.1 Å². The molecule has 0 heterocycles. The van der Waals surface area contributed by atoms with Crippen LogP contribution >= 0.6 is 11.6 Å². The maximum atomic E-state index is 12.0. The Kier molecular flexibility index (Phi) is 4.47. The zero-order valence-electron chi connectivity index (χ0n) is 11.1. The minimum Gasteiger partial charge on any atom is -0.504 e. The Bertz CT molecular complexity index is 731. The number of rotatable bonds is 5. The van der Waals surface area contributed by atoms with Gasteiger partial charge in [0.1, 0.15) is 0 Å². The van der Waals surface area contributed by atoms with Crippen molar-refractivity contribution in [3.63, 3.8) is 0 Å². The third kappa shape index (κ3) is 3.44. The molecule has 0 aliphatic rings. The number of carbonyl (C=O) groups is 1. The van der Waals surface area contributed by atoms with Gasteiger partial charge in [-0.05, 0) is 30.3 Å². The number of halogens is 1. The molecule has 8 heteroatoms. The Morgan fingerprint density at radius 1 is 1.23 bits per heavy atom. The summed E-state index contributed by atoms with van der Waals surface area (Å²) in [6.07, 6.45) is 0. The van der Waals surface area contributed by atoms with Crippen molar-refractivity contribution in [2.45, 2.75) is 0 Å². The van der Waals surface area contributed by atoms with Crippen LogP contribution in [0.1, 0.15) is 10.4 Å². The molecule has 22 heavy (non-hydrogen) atoms. The summed E-state index contributed by atoms with van der Waals surface area (Å²) in [7, 11) is 0. The van der Waals surface area contributed by atoms with Crippen molar-refractivity contribution in [2.24, 2.45) is 0 Å². The van der Waals surface area contributed by atoms with Gasteiger partial charge in [0.15, 0.2) is 11.5 Å². The van der Waals surface area contributed by atoms with E-state index in [4.69, 9.17) is 11.6 Å². The number of benzene rings is 2. The first-order chi connectivity index (χ1) is 10.4. The molecule has 0 saturated carbocycles. The second kappa shape index (κ2) is 6.31. The molecule has 0 fully saturated rings. The van der Waals surface area contributed by atoms with E-state index in [1.54, 1.807) is 24.3 Å². The van der Waals surface area contributed by atoms with Gasteiger partial charge in [-0.2, -0.15) is 0 Å². The van der Waals surface area contributed by atoms with Gasteiger partial charge in [0.25, 0.3) is 0 Å². The largest absolute Gasteiger partial charge is 0.504 e. The second-order valence-electron chi connectivity index (χ2n) is 4.40. The van der Waals surface area contributed by atoms with Gasteiger partial charge in [0.2, 0.25) is 5.75 Å². The number of phenols is 2. The van der Waals surface area contributed by atoms with Crippen LogP contribution in [0.4, 0.5) is 11.4 Å². The van der Waals surface area contributed by atoms with Crippen LogP contribution < -0.4 is 5.32 Å². The zero-order chi connectivity index (χ0) is 16.3. The van der Waals surface area contributed by atoms with Gasteiger partial charge < -0.3 is 15.5 Å². The smallest absolute Gasteiger partial charge is 0.315 e. The highest BCUT2D eigenvalue weighted by atomic mass is 35.5. The van der Waals surface area contributed by atoms with Crippen molar-refractivity contribution in [2.75, 3.05) is 11.9 Å². The number of ketones is 1. The van der Waals surface area contributed by atoms with E-state index < -0.39 is 27.9 Å². The van der Waals surface area contributed by atoms with Crippen LogP contribution in [0.5, 0.6) is 11.5 Å². The van der Waals surface area contributed by atoms with Crippen LogP contribution in [0.25, 0.3) is 0 Å². The van der Waals surface area contributed by atoms with Crippen LogP contribution in [-0.2, 0) is 0 Å². The number of aromatic hydroxyl groups is 2. The van der Waals surface area contributed by atoms with E-state index in [2.05, 4.69) is 5.32 Å². The van der Waals surface area contributed by atoms with Crippen molar-refractivity contribution >= 4 is 28.8 Å². The molecule has 0 radical (unpaired) electrons. The van der Waals surface area contributed by atoms with Crippen LogP contribution in [0.3, 0.4) is 0 Å². The number of nitrogens with zero attached hydrogens (tertiary/aromatic N) is 1. The molecular weight excluding hydrogens is 312 g/mol. The van der Waals surface area contributed by atoms with Gasteiger partial charge in [-0.25, -0.2) is 0 Å². The Morgan fingerprint density at radius 3 is 2.45 bits per heavy atom. The number of nitro benzene ring substituents is 1. The Labute approximate surface area is 129 Å². The maximum absolute atomic E-state index is 12.0. The maximum Gasteiger partial charge on any atom is 0.315 e. The molecule has 0 amide bonds. The molecule has 0 saturated heterocycles. The van der Waals surface area contributed by atoms with E-state index >= 15 is 0 Å². The van der Waals surface area contributed by atoms with E-state index in [1.807, 2.05) is 0 Å². The van der Waals surface area contributed by atoms with Gasteiger partial charge in [0.05, 0.1) is 11.5 Å².